The zero-order valence-electron chi connectivity index (χ0n) is 14.3. The second kappa shape index (κ2) is 6.29. The fraction of sp³-hybridized carbons (Fsp3) is 0.350. The Labute approximate surface area is 142 Å². The summed E-state index contributed by atoms with van der Waals surface area (Å²) in [4.78, 5) is 11.7. The Morgan fingerprint density at radius 1 is 1.21 bits per heavy atom. The first-order valence-electron chi connectivity index (χ1n) is 8.22. The Bertz CT molecular complexity index is 744. The highest BCUT2D eigenvalue weighted by Crippen LogP contribution is 2.32. The van der Waals surface area contributed by atoms with Gasteiger partial charge in [0.15, 0.2) is 0 Å². The summed E-state index contributed by atoms with van der Waals surface area (Å²) in [5, 5.41) is 12.4. The molecule has 1 aliphatic heterocycles. The van der Waals surface area contributed by atoms with Crippen molar-refractivity contribution in [1.29, 1.82) is 0 Å². The molecular weight excluding hydrogens is 302 g/mol. The average Bonchev–Trinajstić information content (AvgIpc) is 2.91. The molecule has 1 unspecified atom stereocenters. The van der Waals surface area contributed by atoms with Gasteiger partial charge in [0.25, 0.3) is 5.91 Å². The number of fused-ring (bicyclic) bond motifs is 1. The maximum Gasteiger partial charge on any atom is 0.251 e. The standard InChI is InChI=1S/C20H23NO3/c1-13-10-17-11-16(8-9-18(17)24-13)15-6-4-14(5-7-15)12-21-19(22)20(2,3)23/h4-9,11,13,23H,10,12H2,1-3H3,(H,21,22). The minimum atomic E-state index is -1.36. The van der Waals surface area contributed by atoms with Gasteiger partial charge < -0.3 is 15.2 Å². The zero-order chi connectivity index (χ0) is 17.3. The van der Waals surface area contributed by atoms with Crippen LogP contribution in [0.4, 0.5) is 0 Å². The highest BCUT2D eigenvalue weighted by Gasteiger charge is 2.23. The molecule has 1 amide bonds. The van der Waals surface area contributed by atoms with E-state index in [-0.39, 0.29) is 12.0 Å². The van der Waals surface area contributed by atoms with Gasteiger partial charge in [-0.2, -0.15) is 0 Å². The fourth-order valence-corrected chi connectivity index (χ4v) is 2.82. The van der Waals surface area contributed by atoms with Crippen LogP contribution in [0.3, 0.4) is 0 Å². The van der Waals surface area contributed by atoms with Crippen molar-refractivity contribution >= 4 is 5.91 Å². The van der Waals surface area contributed by atoms with Gasteiger partial charge in [0.1, 0.15) is 17.5 Å². The van der Waals surface area contributed by atoms with Crippen molar-refractivity contribution in [3.63, 3.8) is 0 Å². The highest BCUT2D eigenvalue weighted by molar-refractivity contribution is 5.83. The average molecular weight is 325 g/mol. The summed E-state index contributed by atoms with van der Waals surface area (Å²) in [7, 11) is 0. The maximum atomic E-state index is 11.7. The molecule has 2 aromatic rings. The lowest BCUT2D eigenvalue weighted by Gasteiger charge is -2.16. The van der Waals surface area contributed by atoms with Crippen LogP contribution in [-0.2, 0) is 17.8 Å². The minimum Gasteiger partial charge on any atom is -0.490 e. The quantitative estimate of drug-likeness (QED) is 0.908. The van der Waals surface area contributed by atoms with E-state index in [2.05, 4.69) is 24.4 Å². The normalized spacial score (nSPS) is 16.4. The van der Waals surface area contributed by atoms with E-state index in [9.17, 15) is 9.90 Å². The molecule has 24 heavy (non-hydrogen) atoms. The van der Waals surface area contributed by atoms with Gasteiger partial charge in [0.2, 0.25) is 0 Å². The van der Waals surface area contributed by atoms with Crippen LogP contribution in [-0.4, -0.2) is 22.7 Å². The first kappa shape index (κ1) is 16.5. The maximum absolute atomic E-state index is 11.7. The molecule has 1 aliphatic rings. The first-order valence-corrected chi connectivity index (χ1v) is 8.22. The number of benzene rings is 2. The highest BCUT2D eigenvalue weighted by atomic mass is 16.5. The molecule has 0 aliphatic carbocycles. The number of rotatable bonds is 4. The van der Waals surface area contributed by atoms with Crippen LogP contribution < -0.4 is 10.1 Å². The van der Waals surface area contributed by atoms with Crippen molar-refractivity contribution in [2.24, 2.45) is 0 Å². The van der Waals surface area contributed by atoms with Crippen molar-refractivity contribution in [3.05, 3.63) is 53.6 Å². The largest absolute Gasteiger partial charge is 0.490 e. The van der Waals surface area contributed by atoms with Crippen molar-refractivity contribution in [2.45, 2.75) is 45.4 Å². The van der Waals surface area contributed by atoms with Crippen LogP contribution in [0.2, 0.25) is 0 Å². The lowest BCUT2D eigenvalue weighted by molar-refractivity contribution is -0.136. The predicted octanol–water partition coefficient (Wildman–Crippen LogP) is 3.06. The van der Waals surface area contributed by atoms with E-state index in [4.69, 9.17) is 4.74 Å². The van der Waals surface area contributed by atoms with Crippen molar-refractivity contribution < 1.29 is 14.6 Å². The van der Waals surface area contributed by atoms with Crippen LogP contribution in [0.25, 0.3) is 11.1 Å². The molecule has 1 heterocycles. The van der Waals surface area contributed by atoms with Crippen LogP contribution in [0, 0.1) is 0 Å². The summed E-state index contributed by atoms with van der Waals surface area (Å²) in [6, 6.07) is 14.4. The third kappa shape index (κ3) is 3.60. The Morgan fingerprint density at radius 3 is 2.54 bits per heavy atom. The molecule has 4 nitrogen and oxygen atoms in total. The molecule has 0 radical (unpaired) electrons. The third-order valence-electron chi connectivity index (χ3n) is 4.19. The van der Waals surface area contributed by atoms with Crippen molar-refractivity contribution in [3.8, 4) is 16.9 Å². The number of carbonyl (C=O) groups is 1. The molecule has 0 aromatic heterocycles. The molecular formula is C20H23NO3. The van der Waals surface area contributed by atoms with Crippen LogP contribution in [0.1, 0.15) is 31.9 Å². The zero-order valence-corrected chi connectivity index (χ0v) is 14.3. The molecule has 0 fully saturated rings. The van der Waals surface area contributed by atoms with Gasteiger partial charge in [-0.15, -0.1) is 0 Å². The molecule has 0 saturated heterocycles. The van der Waals surface area contributed by atoms with Gasteiger partial charge >= 0.3 is 0 Å². The van der Waals surface area contributed by atoms with Gasteiger partial charge in [-0.3, -0.25) is 4.79 Å². The van der Waals surface area contributed by atoms with Gasteiger partial charge in [-0.25, -0.2) is 0 Å². The van der Waals surface area contributed by atoms with Gasteiger partial charge in [-0.05, 0) is 55.2 Å². The van der Waals surface area contributed by atoms with Crippen molar-refractivity contribution in [1.82, 2.24) is 5.32 Å². The molecule has 2 N–H and O–H groups in total. The molecule has 4 heteroatoms. The molecule has 3 rings (SSSR count). The molecule has 0 spiro atoms. The monoisotopic (exact) mass is 325 g/mol. The van der Waals surface area contributed by atoms with Gasteiger partial charge in [0.05, 0.1) is 0 Å². The Morgan fingerprint density at radius 2 is 1.88 bits per heavy atom. The third-order valence-corrected chi connectivity index (χ3v) is 4.19. The first-order chi connectivity index (χ1) is 11.3. The summed E-state index contributed by atoms with van der Waals surface area (Å²) < 4.78 is 5.74. The molecule has 0 saturated carbocycles. The summed E-state index contributed by atoms with van der Waals surface area (Å²) in [6.45, 7) is 5.43. The predicted molar refractivity (Wildman–Crippen MR) is 93.8 cm³/mol. The van der Waals surface area contributed by atoms with Crippen LogP contribution in [0.15, 0.2) is 42.5 Å². The number of hydrogen-bond acceptors (Lipinski definition) is 3. The van der Waals surface area contributed by atoms with Crippen LogP contribution >= 0.6 is 0 Å². The number of amides is 1. The van der Waals surface area contributed by atoms with Gasteiger partial charge in [0, 0.05) is 13.0 Å². The molecule has 126 valence electrons. The number of carbonyl (C=O) groups excluding carboxylic acids is 1. The molecule has 2 aromatic carbocycles. The van der Waals surface area contributed by atoms with E-state index in [0.29, 0.717) is 6.54 Å². The minimum absolute atomic E-state index is 0.247. The van der Waals surface area contributed by atoms with E-state index < -0.39 is 5.60 Å². The summed E-state index contributed by atoms with van der Waals surface area (Å²) in [5.41, 5.74) is 3.19. The van der Waals surface area contributed by atoms with E-state index in [1.165, 1.54) is 25.0 Å². The Balaban J connectivity index is 1.69. The van der Waals surface area contributed by atoms with E-state index >= 15 is 0 Å². The summed E-state index contributed by atoms with van der Waals surface area (Å²) >= 11 is 0. The summed E-state index contributed by atoms with van der Waals surface area (Å²) in [6.07, 6.45) is 1.20. The van der Waals surface area contributed by atoms with E-state index in [1.54, 1.807) is 0 Å². The molecule has 0 bridgehead atoms. The summed E-state index contributed by atoms with van der Waals surface area (Å²) in [5.74, 6) is 0.608. The number of hydrogen-bond donors (Lipinski definition) is 2. The SMILES string of the molecule is CC1Cc2cc(-c3ccc(CNC(=O)C(C)(C)O)cc3)ccc2O1. The Hall–Kier alpha value is -2.33. The second-order valence-electron chi connectivity index (χ2n) is 6.89. The Kier molecular flexibility index (Phi) is 4.33. The smallest absolute Gasteiger partial charge is 0.251 e. The van der Waals surface area contributed by atoms with Gasteiger partial charge in [-0.1, -0.05) is 30.3 Å². The number of ether oxygens (including phenoxy) is 1. The van der Waals surface area contributed by atoms with Crippen molar-refractivity contribution in [2.75, 3.05) is 0 Å². The fourth-order valence-electron chi connectivity index (χ4n) is 2.82. The number of aliphatic hydroxyl groups is 1. The lowest BCUT2D eigenvalue weighted by atomic mass is 10.00. The van der Waals surface area contributed by atoms with E-state index in [1.807, 2.05) is 30.3 Å². The topological polar surface area (TPSA) is 58.6 Å². The van der Waals surface area contributed by atoms with E-state index in [0.717, 1.165) is 23.3 Å². The lowest BCUT2D eigenvalue weighted by Crippen LogP contribution is -2.41. The second-order valence-corrected chi connectivity index (χ2v) is 6.89. The molecule has 1 atom stereocenters. The van der Waals surface area contributed by atoms with Crippen LogP contribution in [0.5, 0.6) is 5.75 Å². The number of nitrogens with one attached hydrogen (secondary N) is 1.